The van der Waals surface area contributed by atoms with Crippen LogP contribution in [-0.4, -0.2) is 0 Å². The van der Waals surface area contributed by atoms with E-state index in [1.807, 2.05) is 42.5 Å². The minimum atomic E-state index is 0.856. The van der Waals surface area contributed by atoms with Crippen molar-refractivity contribution in [1.82, 2.24) is 0 Å². The quantitative estimate of drug-likeness (QED) is 0.589. The van der Waals surface area contributed by atoms with Crippen molar-refractivity contribution in [3.63, 3.8) is 0 Å². The molecular formula is C20H18O. The Balaban J connectivity index is 1.84. The predicted octanol–water partition coefficient (Wildman–Crippen LogP) is 5.76. The van der Waals surface area contributed by atoms with Crippen molar-refractivity contribution in [3.8, 4) is 22.6 Å². The lowest BCUT2D eigenvalue weighted by Crippen LogP contribution is -1.86. The van der Waals surface area contributed by atoms with E-state index in [4.69, 9.17) is 4.74 Å². The highest BCUT2D eigenvalue weighted by Gasteiger charge is 2.03. The maximum absolute atomic E-state index is 5.82. The zero-order chi connectivity index (χ0) is 14.7. The van der Waals surface area contributed by atoms with Gasteiger partial charge in [-0.25, -0.2) is 0 Å². The van der Waals surface area contributed by atoms with E-state index in [0.29, 0.717) is 0 Å². The SMILES string of the molecule is Cc1ccc(-c2ccc(Oc3ccccc3)cc2)c(C)c1. The van der Waals surface area contributed by atoms with Crippen molar-refractivity contribution in [2.24, 2.45) is 0 Å². The zero-order valence-electron chi connectivity index (χ0n) is 12.3. The van der Waals surface area contributed by atoms with Crippen LogP contribution in [0.3, 0.4) is 0 Å². The van der Waals surface area contributed by atoms with Gasteiger partial charge in [-0.1, -0.05) is 54.1 Å². The molecule has 0 N–H and O–H groups in total. The number of rotatable bonds is 3. The van der Waals surface area contributed by atoms with Gasteiger partial charge in [0.2, 0.25) is 0 Å². The third kappa shape index (κ3) is 3.14. The lowest BCUT2D eigenvalue weighted by molar-refractivity contribution is 0.483. The van der Waals surface area contributed by atoms with Crippen LogP contribution in [0.4, 0.5) is 0 Å². The summed E-state index contributed by atoms with van der Waals surface area (Å²) < 4.78 is 5.82. The molecule has 0 bridgehead atoms. The summed E-state index contributed by atoms with van der Waals surface area (Å²) in [6.45, 7) is 4.27. The van der Waals surface area contributed by atoms with Crippen LogP contribution in [0.1, 0.15) is 11.1 Å². The van der Waals surface area contributed by atoms with Crippen LogP contribution in [0.2, 0.25) is 0 Å². The van der Waals surface area contributed by atoms with E-state index in [2.05, 4.69) is 44.2 Å². The Bertz CT molecular complexity index is 728. The molecule has 0 aliphatic rings. The van der Waals surface area contributed by atoms with E-state index in [9.17, 15) is 0 Å². The molecule has 1 nitrogen and oxygen atoms in total. The number of ether oxygens (including phenoxy) is 1. The van der Waals surface area contributed by atoms with Gasteiger partial charge in [-0.3, -0.25) is 0 Å². The summed E-state index contributed by atoms with van der Waals surface area (Å²) in [5.74, 6) is 1.71. The first-order chi connectivity index (χ1) is 10.2. The Labute approximate surface area is 125 Å². The molecule has 0 saturated heterocycles. The van der Waals surface area contributed by atoms with E-state index in [-0.39, 0.29) is 0 Å². The smallest absolute Gasteiger partial charge is 0.127 e. The molecule has 0 saturated carbocycles. The van der Waals surface area contributed by atoms with Crippen LogP contribution >= 0.6 is 0 Å². The summed E-state index contributed by atoms with van der Waals surface area (Å²) in [4.78, 5) is 0. The van der Waals surface area contributed by atoms with E-state index < -0.39 is 0 Å². The van der Waals surface area contributed by atoms with Crippen molar-refractivity contribution in [2.75, 3.05) is 0 Å². The highest BCUT2D eigenvalue weighted by molar-refractivity contribution is 5.68. The molecule has 1 heteroatoms. The second kappa shape index (κ2) is 5.84. The average molecular weight is 274 g/mol. The molecular weight excluding hydrogens is 256 g/mol. The molecule has 3 aromatic rings. The monoisotopic (exact) mass is 274 g/mol. The standard InChI is InChI=1S/C20H18O/c1-15-8-13-20(16(2)14-15)17-9-11-19(12-10-17)21-18-6-4-3-5-7-18/h3-14H,1-2H3. The Hall–Kier alpha value is -2.54. The maximum atomic E-state index is 5.82. The zero-order valence-corrected chi connectivity index (χ0v) is 12.3. The molecule has 0 aromatic heterocycles. The first-order valence-electron chi connectivity index (χ1n) is 7.13. The fraction of sp³-hybridized carbons (Fsp3) is 0.100. The van der Waals surface area contributed by atoms with Crippen LogP contribution in [0.15, 0.2) is 72.8 Å². The first-order valence-corrected chi connectivity index (χ1v) is 7.13. The number of aryl methyl sites for hydroxylation is 2. The molecule has 0 amide bonds. The van der Waals surface area contributed by atoms with Crippen LogP contribution in [0, 0.1) is 13.8 Å². The van der Waals surface area contributed by atoms with E-state index in [1.165, 1.54) is 22.3 Å². The van der Waals surface area contributed by atoms with Gasteiger partial charge in [0.25, 0.3) is 0 Å². The summed E-state index contributed by atoms with van der Waals surface area (Å²) in [5.41, 5.74) is 5.08. The molecule has 3 rings (SSSR count). The topological polar surface area (TPSA) is 9.23 Å². The summed E-state index contributed by atoms with van der Waals surface area (Å²) >= 11 is 0. The maximum Gasteiger partial charge on any atom is 0.127 e. The molecule has 0 unspecified atom stereocenters. The molecule has 0 heterocycles. The van der Waals surface area contributed by atoms with Crippen molar-refractivity contribution >= 4 is 0 Å². The number of hydrogen-bond donors (Lipinski definition) is 0. The highest BCUT2D eigenvalue weighted by atomic mass is 16.5. The fourth-order valence-electron chi connectivity index (χ4n) is 2.46. The van der Waals surface area contributed by atoms with Gasteiger partial charge in [-0.2, -0.15) is 0 Å². The van der Waals surface area contributed by atoms with Gasteiger partial charge >= 0.3 is 0 Å². The molecule has 0 radical (unpaired) electrons. The number of benzene rings is 3. The van der Waals surface area contributed by atoms with Gasteiger partial charge in [0.15, 0.2) is 0 Å². The molecule has 0 aliphatic carbocycles. The van der Waals surface area contributed by atoms with E-state index in [1.54, 1.807) is 0 Å². The third-order valence-corrected chi connectivity index (χ3v) is 3.53. The van der Waals surface area contributed by atoms with Gasteiger partial charge in [0.05, 0.1) is 0 Å². The van der Waals surface area contributed by atoms with E-state index >= 15 is 0 Å². The predicted molar refractivity (Wildman–Crippen MR) is 87.9 cm³/mol. The Morgan fingerprint density at radius 1 is 0.667 bits per heavy atom. The third-order valence-electron chi connectivity index (χ3n) is 3.53. The summed E-state index contributed by atoms with van der Waals surface area (Å²) in [6.07, 6.45) is 0. The number of para-hydroxylation sites is 1. The Morgan fingerprint density at radius 2 is 1.33 bits per heavy atom. The van der Waals surface area contributed by atoms with Gasteiger partial charge in [0, 0.05) is 0 Å². The first kappa shape index (κ1) is 13.4. The van der Waals surface area contributed by atoms with Crippen molar-refractivity contribution in [1.29, 1.82) is 0 Å². The normalized spacial score (nSPS) is 10.4. The van der Waals surface area contributed by atoms with Crippen LogP contribution in [-0.2, 0) is 0 Å². The summed E-state index contributed by atoms with van der Waals surface area (Å²) in [7, 11) is 0. The molecule has 3 aromatic carbocycles. The van der Waals surface area contributed by atoms with Gasteiger partial charge in [-0.05, 0) is 54.8 Å². The minimum absolute atomic E-state index is 0.856. The highest BCUT2D eigenvalue weighted by Crippen LogP contribution is 2.28. The van der Waals surface area contributed by atoms with Crippen molar-refractivity contribution in [2.45, 2.75) is 13.8 Å². The molecule has 21 heavy (non-hydrogen) atoms. The molecule has 104 valence electrons. The van der Waals surface area contributed by atoms with E-state index in [0.717, 1.165) is 11.5 Å². The molecule has 0 fully saturated rings. The fourth-order valence-corrected chi connectivity index (χ4v) is 2.46. The summed E-state index contributed by atoms with van der Waals surface area (Å²) in [6, 6.07) is 24.6. The van der Waals surface area contributed by atoms with Crippen LogP contribution < -0.4 is 4.74 Å². The van der Waals surface area contributed by atoms with Gasteiger partial charge in [-0.15, -0.1) is 0 Å². The Morgan fingerprint density at radius 3 is 2.00 bits per heavy atom. The number of hydrogen-bond acceptors (Lipinski definition) is 1. The van der Waals surface area contributed by atoms with Crippen molar-refractivity contribution < 1.29 is 4.74 Å². The second-order valence-corrected chi connectivity index (χ2v) is 5.26. The van der Waals surface area contributed by atoms with Crippen LogP contribution in [0.5, 0.6) is 11.5 Å². The van der Waals surface area contributed by atoms with Gasteiger partial charge < -0.3 is 4.74 Å². The van der Waals surface area contributed by atoms with Gasteiger partial charge in [0.1, 0.15) is 11.5 Å². The van der Waals surface area contributed by atoms with Crippen LogP contribution in [0.25, 0.3) is 11.1 Å². The lowest BCUT2D eigenvalue weighted by atomic mass is 9.99. The second-order valence-electron chi connectivity index (χ2n) is 5.26. The molecule has 0 spiro atoms. The lowest BCUT2D eigenvalue weighted by Gasteiger charge is -2.09. The average Bonchev–Trinajstić information content (AvgIpc) is 2.49. The summed E-state index contributed by atoms with van der Waals surface area (Å²) in [5, 5.41) is 0. The minimum Gasteiger partial charge on any atom is -0.457 e. The van der Waals surface area contributed by atoms with Crippen molar-refractivity contribution in [3.05, 3.63) is 83.9 Å². The molecule has 0 aliphatic heterocycles. The largest absolute Gasteiger partial charge is 0.457 e. The Kier molecular flexibility index (Phi) is 3.74. The molecule has 0 atom stereocenters.